The molecule has 38 heavy (non-hydrogen) atoms. The predicted molar refractivity (Wildman–Crippen MR) is 160 cm³/mol. The van der Waals surface area contributed by atoms with Crippen LogP contribution < -0.4 is 4.90 Å². The summed E-state index contributed by atoms with van der Waals surface area (Å²) in [7, 11) is 0. The molecule has 2 atom stereocenters. The van der Waals surface area contributed by atoms with Crippen LogP contribution in [0.4, 0.5) is 11.4 Å². The Balaban J connectivity index is 1.29. The molecule has 2 heterocycles. The van der Waals surface area contributed by atoms with Gasteiger partial charge in [0.1, 0.15) is 0 Å². The van der Waals surface area contributed by atoms with Gasteiger partial charge < -0.3 is 9.47 Å². The number of para-hydroxylation sites is 2. The van der Waals surface area contributed by atoms with Gasteiger partial charge in [-0.2, -0.15) is 0 Å². The summed E-state index contributed by atoms with van der Waals surface area (Å²) in [5.74, 6) is 0.386. The van der Waals surface area contributed by atoms with Gasteiger partial charge in [-0.05, 0) is 59.2 Å². The summed E-state index contributed by atoms with van der Waals surface area (Å²) in [4.78, 5) is 2.51. The van der Waals surface area contributed by atoms with Crippen molar-refractivity contribution in [3.63, 3.8) is 0 Å². The van der Waals surface area contributed by atoms with Gasteiger partial charge in [-0.25, -0.2) is 0 Å². The summed E-state index contributed by atoms with van der Waals surface area (Å²) in [5.41, 5.74) is 10.0. The summed E-state index contributed by atoms with van der Waals surface area (Å²) in [5, 5.41) is 2.56. The van der Waals surface area contributed by atoms with E-state index in [1.54, 1.807) is 0 Å². The second-order valence-electron chi connectivity index (χ2n) is 10.2. The monoisotopic (exact) mass is 486 g/mol. The number of fused-ring (bicyclic) bond motifs is 6. The Hall–Kier alpha value is -4.82. The quantitative estimate of drug-likeness (QED) is 0.242. The lowest BCUT2D eigenvalue weighted by atomic mass is 9.91. The predicted octanol–water partition coefficient (Wildman–Crippen LogP) is 9.18. The molecule has 2 nitrogen and oxygen atoms in total. The Labute approximate surface area is 222 Å². The number of anilines is 2. The van der Waals surface area contributed by atoms with Crippen LogP contribution in [0.25, 0.3) is 38.6 Å². The Morgan fingerprint density at radius 3 is 2.08 bits per heavy atom. The highest BCUT2D eigenvalue weighted by Crippen LogP contribution is 2.48. The first kappa shape index (κ1) is 21.3. The van der Waals surface area contributed by atoms with E-state index in [-0.39, 0.29) is 0 Å². The first-order chi connectivity index (χ1) is 18.9. The minimum atomic E-state index is 0.300. The van der Waals surface area contributed by atoms with Crippen molar-refractivity contribution in [3.8, 4) is 16.8 Å². The standard InChI is InChI=1S/C36H26N2/c1-2-10-25(11-3-1)26-18-20-27(21-19-26)37-35-17-9-6-14-31(35)32-24-28(22-23-36(32)37)38-33-15-7-4-12-29(33)30-13-5-8-16-34(30)38/h1-24,29,33H. The molecule has 180 valence electrons. The van der Waals surface area contributed by atoms with Crippen molar-refractivity contribution in [3.05, 3.63) is 151 Å². The molecule has 0 fully saturated rings. The minimum Gasteiger partial charge on any atom is -0.333 e. The fraction of sp³-hybridized carbons (Fsp3) is 0.0556. The number of aromatic nitrogens is 1. The van der Waals surface area contributed by atoms with Crippen LogP contribution in [-0.2, 0) is 0 Å². The molecule has 2 aliphatic rings. The number of hydrogen-bond donors (Lipinski definition) is 0. The summed E-state index contributed by atoms with van der Waals surface area (Å²) >= 11 is 0. The lowest BCUT2D eigenvalue weighted by Crippen LogP contribution is -2.28. The van der Waals surface area contributed by atoms with Crippen LogP contribution in [-0.4, -0.2) is 10.6 Å². The largest absolute Gasteiger partial charge is 0.333 e. The molecule has 1 aliphatic carbocycles. The van der Waals surface area contributed by atoms with Crippen LogP contribution in [0.1, 0.15) is 11.5 Å². The van der Waals surface area contributed by atoms with Crippen LogP contribution in [0.2, 0.25) is 0 Å². The Morgan fingerprint density at radius 2 is 1.18 bits per heavy atom. The molecular weight excluding hydrogens is 460 g/mol. The number of allylic oxidation sites excluding steroid dienone is 2. The van der Waals surface area contributed by atoms with Gasteiger partial charge in [-0.1, -0.05) is 103 Å². The summed E-state index contributed by atoms with van der Waals surface area (Å²) in [6.45, 7) is 0. The van der Waals surface area contributed by atoms with Gasteiger partial charge in [0.15, 0.2) is 0 Å². The zero-order valence-electron chi connectivity index (χ0n) is 20.9. The molecule has 8 rings (SSSR count). The Morgan fingerprint density at radius 1 is 0.500 bits per heavy atom. The Bertz CT molecular complexity index is 1870. The first-order valence-electron chi connectivity index (χ1n) is 13.3. The van der Waals surface area contributed by atoms with Crippen molar-refractivity contribution >= 4 is 33.2 Å². The van der Waals surface area contributed by atoms with E-state index >= 15 is 0 Å². The number of benzene rings is 5. The second-order valence-corrected chi connectivity index (χ2v) is 10.2. The highest BCUT2D eigenvalue weighted by molar-refractivity contribution is 6.10. The normalized spacial score (nSPS) is 17.7. The van der Waals surface area contributed by atoms with Crippen LogP contribution in [0, 0.1) is 0 Å². The number of hydrogen-bond acceptors (Lipinski definition) is 1. The van der Waals surface area contributed by atoms with E-state index in [0.29, 0.717) is 12.0 Å². The lowest BCUT2D eigenvalue weighted by molar-refractivity contribution is 0.745. The van der Waals surface area contributed by atoms with Gasteiger partial charge in [0.05, 0.1) is 17.1 Å². The molecule has 0 bridgehead atoms. The molecule has 2 heteroatoms. The van der Waals surface area contributed by atoms with Crippen LogP contribution in [0.15, 0.2) is 146 Å². The van der Waals surface area contributed by atoms with E-state index in [9.17, 15) is 0 Å². The van der Waals surface area contributed by atoms with E-state index < -0.39 is 0 Å². The Kier molecular flexibility index (Phi) is 4.68. The van der Waals surface area contributed by atoms with Crippen LogP contribution in [0.3, 0.4) is 0 Å². The average molecular weight is 487 g/mol. The third-order valence-corrected chi connectivity index (χ3v) is 8.13. The molecule has 0 amide bonds. The van der Waals surface area contributed by atoms with Gasteiger partial charge in [0, 0.05) is 33.8 Å². The summed E-state index contributed by atoms with van der Waals surface area (Å²) in [6, 6.07) is 44.4. The van der Waals surface area contributed by atoms with E-state index in [1.807, 2.05) is 0 Å². The van der Waals surface area contributed by atoms with E-state index in [4.69, 9.17) is 0 Å². The van der Waals surface area contributed by atoms with Gasteiger partial charge >= 0.3 is 0 Å². The van der Waals surface area contributed by atoms with Crippen LogP contribution in [0.5, 0.6) is 0 Å². The minimum absolute atomic E-state index is 0.300. The fourth-order valence-electron chi connectivity index (χ4n) is 6.41. The molecule has 5 aromatic carbocycles. The van der Waals surface area contributed by atoms with E-state index in [0.717, 1.165) is 0 Å². The molecule has 6 aromatic rings. The van der Waals surface area contributed by atoms with E-state index in [1.165, 1.54) is 55.6 Å². The van der Waals surface area contributed by atoms with E-state index in [2.05, 4.69) is 155 Å². The molecule has 1 aliphatic heterocycles. The van der Waals surface area contributed by atoms with Crippen molar-refractivity contribution in [1.29, 1.82) is 0 Å². The van der Waals surface area contributed by atoms with Crippen molar-refractivity contribution in [2.75, 3.05) is 4.90 Å². The summed E-state index contributed by atoms with van der Waals surface area (Å²) < 4.78 is 2.40. The highest BCUT2D eigenvalue weighted by Gasteiger charge is 2.37. The van der Waals surface area contributed by atoms with Crippen molar-refractivity contribution in [2.45, 2.75) is 12.0 Å². The third kappa shape index (κ3) is 3.13. The molecule has 0 spiro atoms. The third-order valence-electron chi connectivity index (χ3n) is 8.13. The van der Waals surface area contributed by atoms with Crippen molar-refractivity contribution in [1.82, 2.24) is 4.57 Å². The maximum absolute atomic E-state index is 2.51. The first-order valence-corrected chi connectivity index (χ1v) is 13.3. The second kappa shape index (κ2) is 8.36. The molecule has 0 N–H and O–H groups in total. The molecular formula is C36H26N2. The zero-order chi connectivity index (χ0) is 25.1. The fourth-order valence-corrected chi connectivity index (χ4v) is 6.41. The van der Waals surface area contributed by atoms with Gasteiger partial charge in [-0.15, -0.1) is 0 Å². The molecule has 2 unspecified atom stereocenters. The maximum Gasteiger partial charge on any atom is 0.0629 e. The topological polar surface area (TPSA) is 8.17 Å². The zero-order valence-corrected chi connectivity index (χ0v) is 20.9. The molecule has 0 saturated carbocycles. The smallest absolute Gasteiger partial charge is 0.0629 e. The van der Waals surface area contributed by atoms with Crippen molar-refractivity contribution in [2.24, 2.45) is 0 Å². The SMILES string of the molecule is C1=CC2c3ccccc3N(c3ccc4c(c3)c3ccccc3n4-c3ccc(-c4ccccc4)cc3)C2C=C1. The molecule has 0 radical (unpaired) electrons. The van der Waals surface area contributed by atoms with Gasteiger partial charge in [0.2, 0.25) is 0 Å². The number of rotatable bonds is 3. The number of nitrogens with zero attached hydrogens (tertiary/aromatic N) is 2. The molecule has 0 saturated heterocycles. The maximum atomic E-state index is 2.51. The average Bonchev–Trinajstić information content (AvgIpc) is 3.50. The van der Waals surface area contributed by atoms with Crippen LogP contribution >= 0.6 is 0 Å². The highest BCUT2D eigenvalue weighted by atomic mass is 15.2. The molecule has 1 aromatic heterocycles. The lowest BCUT2D eigenvalue weighted by Gasteiger charge is -2.28. The van der Waals surface area contributed by atoms with Crippen molar-refractivity contribution < 1.29 is 0 Å². The summed E-state index contributed by atoms with van der Waals surface area (Å²) in [6.07, 6.45) is 9.05. The van der Waals surface area contributed by atoms with Gasteiger partial charge in [-0.3, -0.25) is 0 Å². The van der Waals surface area contributed by atoms with Gasteiger partial charge in [0.25, 0.3) is 0 Å².